The Bertz CT molecular complexity index is 135. The summed E-state index contributed by atoms with van der Waals surface area (Å²) in [5, 5.41) is 0. The molecule has 0 aromatic heterocycles. The van der Waals surface area contributed by atoms with Crippen LogP contribution in [0.2, 0.25) is 0 Å². The molecule has 0 heterocycles. The van der Waals surface area contributed by atoms with Crippen molar-refractivity contribution in [3.05, 3.63) is 0 Å². The molecule has 7 heteroatoms. The molecule has 0 aliphatic heterocycles. The van der Waals surface area contributed by atoms with Gasteiger partial charge in [0.25, 0.3) is 5.91 Å². The molecule has 0 unspecified atom stereocenters. The van der Waals surface area contributed by atoms with Crippen molar-refractivity contribution in [1.29, 1.82) is 0 Å². The number of nitrogens with one attached hydrogen (secondary N) is 1. The predicted octanol–water partition coefficient (Wildman–Crippen LogP) is 0.972. The van der Waals surface area contributed by atoms with Gasteiger partial charge in [0.15, 0.2) is 0 Å². The van der Waals surface area contributed by atoms with E-state index in [0.29, 0.717) is 12.3 Å². The van der Waals surface area contributed by atoms with Crippen molar-refractivity contribution in [2.75, 3.05) is 0 Å². The molecule has 0 radical (unpaired) electrons. The normalized spacial score (nSPS) is 11.6. The minimum atomic E-state index is -0.468. The number of hydrogen-bond acceptors (Lipinski definition) is 4. The molecule has 0 rings (SSSR count). The number of carbonyl (C=O) groups is 1. The van der Waals surface area contributed by atoms with Gasteiger partial charge in [-0.2, -0.15) is 0 Å². The van der Waals surface area contributed by atoms with E-state index in [4.69, 9.17) is 11.6 Å². The molecule has 5 N–H and O–H groups in total. The van der Waals surface area contributed by atoms with E-state index in [-0.39, 0.29) is 5.91 Å². The molecule has 0 aromatic rings. The molecule has 1 atom stereocenters. The smallest absolute Gasteiger partial charge is 0.250 e. The third-order valence-electron chi connectivity index (χ3n) is 1.20. The molecule has 0 aliphatic rings. The quantitative estimate of drug-likeness (QED) is 0.410. The van der Waals surface area contributed by atoms with Gasteiger partial charge >= 0.3 is 0 Å². The first kappa shape index (κ1) is 15.8. The highest BCUT2D eigenvalue weighted by Gasteiger charge is 2.12. The summed E-state index contributed by atoms with van der Waals surface area (Å²) in [6.45, 7) is 4.01. The lowest BCUT2D eigenvalue weighted by molar-refractivity contribution is -0.122. The largest absolute Gasteiger partial charge is 0.320 e. The zero-order valence-corrected chi connectivity index (χ0v) is 10.8. The number of carbonyl (C=O) groups excluding carboxylic acids is 1. The van der Waals surface area contributed by atoms with Gasteiger partial charge in [-0.15, -0.1) is 0 Å². The first-order valence-corrected chi connectivity index (χ1v) is 4.94. The first-order valence-electron chi connectivity index (χ1n) is 3.64. The number of rotatable bonds is 3. The first-order chi connectivity index (χ1) is 5.99. The average molecular weight is 321 g/mol. The van der Waals surface area contributed by atoms with E-state index in [2.05, 4.69) is 35.4 Å². The van der Waals surface area contributed by atoms with E-state index in [1.54, 1.807) is 0 Å². The van der Waals surface area contributed by atoms with Gasteiger partial charge in [-0.3, -0.25) is 10.2 Å². The van der Waals surface area contributed by atoms with Gasteiger partial charge in [-0.05, 0) is 12.3 Å². The second-order valence-electron chi connectivity index (χ2n) is 2.80. The van der Waals surface area contributed by atoms with Crippen LogP contribution in [0.1, 0.15) is 20.3 Å². The van der Waals surface area contributed by atoms with Crippen LogP contribution in [0.3, 0.4) is 0 Å². The Labute approximate surface area is 95.4 Å². The molecule has 1 amide bonds. The summed E-state index contributed by atoms with van der Waals surface area (Å²) in [5.74, 6) is 5.00. The van der Waals surface area contributed by atoms with Crippen molar-refractivity contribution in [1.82, 2.24) is 5.43 Å². The van der Waals surface area contributed by atoms with Gasteiger partial charge < -0.3 is 5.73 Å². The summed E-state index contributed by atoms with van der Waals surface area (Å²) in [4.78, 5) is 10.7. The minimum absolute atomic E-state index is 0.297. The Kier molecular flexibility index (Phi) is 12.6. The highest BCUT2D eigenvalue weighted by atomic mass is 79.9. The molecule has 0 saturated carbocycles. The van der Waals surface area contributed by atoms with Crippen LogP contribution in [0.4, 0.5) is 0 Å². The van der Waals surface area contributed by atoms with Gasteiger partial charge in [0, 0.05) is 0 Å². The Balaban J connectivity index is 0. The molecular formula is C6H15Br2N3O2. The maximum absolute atomic E-state index is 10.7. The number of hydrogen-bond donors (Lipinski definition) is 3. The van der Waals surface area contributed by atoms with E-state index in [0.717, 1.165) is 0 Å². The Morgan fingerprint density at radius 2 is 1.92 bits per heavy atom. The molecule has 0 spiro atoms. The summed E-state index contributed by atoms with van der Waals surface area (Å²) in [6, 6.07) is -0.468. The maximum atomic E-state index is 10.7. The fourth-order valence-electron chi connectivity index (χ4n) is 0.722. The highest BCUT2D eigenvalue weighted by Crippen LogP contribution is 2.01. The molecule has 0 aliphatic carbocycles. The van der Waals surface area contributed by atoms with Crippen molar-refractivity contribution >= 4 is 38.4 Å². The van der Waals surface area contributed by atoms with Crippen molar-refractivity contribution in [3.8, 4) is 0 Å². The van der Waals surface area contributed by atoms with E-state index < -0.39 is 6.04 Å². The van der Waals surface area contributed by atoms with E-state index in [9.17, 15) is 4.79 Å². The lowest BCUT2D eigenvalue weighted by atomic mass is 10.0. The van der Waals surface area contributed by atoms with E-state index in [1.807, 2.05) is 19.3 Å². The predicted molar refractivity (Wildman–Crippen MR) is 58.7 cm³/mol. The van der Waals surface area contributed by atoms with Gasteiger partial charge in [-0.1, -0.05) is 13.8 Å². The topological polar surface area (TPSA) is 90.4 Å². The summed E-state index contributed by atoms with van der Waals surface area (Å²) >= 11 is 5.12. The lowest BCUT2D eigenvalue weighted by Gasteiger charge is -2.11. The van der Waals surface area contributed by atoms with Crippen molar-refractivity contribution in [2.24, 2.45) is 17.5 Å². The van der Waals surface area contributed by atoms with Crippen LogP contribution in [0.25, 0.3) is 0 Å². The van der Waals surface area contributed by atoms with Crippen LogP contribution in [0.15, 0.2) is 0 Å². The summed E-state index contributed by atoms with van der Waals surface area (Å²) in [6.07, 6.45) is 0.670. The molecule has 80 valence electrons. The van der Waals surface area contributed by atoms with Gasteiger partial charge in [0.2, 0.25) is 0 Å². The summed E-state index contributed by atoms with van der Waals surface area (Å²) < 4.78 is 3.88. The zero-order chi connectivity index (χ0) is 10.9. The van der Waals surface area contributed by atoms with Crippen LogP contribution < -0.4 is 17.0 Å². The van der Waals surface area contributed by atoms with Crippen LogP contribution in [-0.4, -0.2) is 11.9 Å². The van der Waals surface area contributed by atoms with Crippen LogP contribution in [0, 0.1) is 5.92 Å². The maximum Gasteiger partial charge on any atom is 0.250 e. The number of hydrazine groups is 1. The SMILES string of the molecule is BrOBr.CC(C)C[C@H](N)C(=O)NN. The van der Waals surface area contributed by atoms with Crippen LogP contribution in [0.5, 0.6) is 0 Å². The Hall–Kier alpha value is 0.310. The summed E-state index contributed by atoms with van der Waals surface area (Å²) in [7, 11) is 0. The Morgan fingerprint density at radius 1 is 1.54 bits per heavy atom. The Morgan fingerprint density at radius 3 is 2.15 bits per heavy atom. The molecule has 0 bridgehead atoms. The lowest BCUT2D eigenvalue weighted by Crippen LogP contribution is -2.44. The number of nitrogens with two attached hydrogens (primary N) is 2. The molecule has 0 aromatic carbocycles. The molecule has 0 saturated heterocycles. The molecule has 5 nitrogen and oxygen atoms in total. The number of halogens is 2. The van der Waals surface area contributed by atoms with Crippen molar-refractivity contribution in [3.63, 3.8) is 0 Å². The van der Waals surface area contributed by atoms with Gasteiger partial charge in [0.05, 0.1) is 6.04 Å². The number of amides is 1. The molecule has 13 heavy (non-hydrogen) atoms. The standard InChI is InChI=1S/C6H15N3O.Br2O/c1-4(2)3-5(7)6(10)9-8;1-3-2/h4-5H,3,7-8H2,1-2H3,(H,9,10);/t5-;/m0./s1. The summed E-state index contributed by atoms with van der Waals surface area (Å²) in [5.41, 5.74) is 7.44. The third kappa shape index (κ3) is 12.3. The average Bonchev–Trinajstić information content (AvgIpc) is 2.03. The fraction of sp³-hybridized carbons (Fsp3) is 0.833. The third-order valence-corrected chi connectivity index (χ3v) is 1.20. The van der Waals surface area contributed by atoms with Gasteiger partial charge in [0.1, 0.15) is 32.5 Å². The van der Waals surface area contributed by atoms with Crippen molar-refractivity contribution in [2.45, 2.75) is 26.3 Å². The molecular weight excluding hydrogens is 306 g/mol. The van der Waals surface area contributed by atoms with Crippen molar-refractivity contribution < 1.29 is 7.71 Å². The van der Waals surface area contributed by atoms with Crippen LogP contribution >= 0.6 is 32.5 Å². The fourth-order valence-corrected chi connectivity index (χ4v) is 0.722. The second kappa shape index (κ2) is 10.4. The zero-order valence-electron chi connectivity index (χ0n) is 7.59. The minimum Gasteiger partial charge on any atom is -0.320 e. The second-order valence-corrected chi connectivity index (χ2v) is 4.32. The van der Waals surface area contributed by atoms with E-state index >= 15 is 0 Å². The van der Waals surface area contributed by atoms with E-state index in [1.165, 1.54) is 0 Å². The van der Waals surface area contributed by atoms with Gasteiger partial charge in [-0.25, -0.2) is 8.76 Å². The van der Waals surface area contributed by atoms with Crippen LogP contribution in [-0.2, 0) is 7.71 Å². The highest BCUT2D eigenvalue weighted by molar-refractivity contribution is 9.18. The monoisotopic (exact) mass is 319 g/mol. The molecule has 0 fully saturated rings.